The van der Waals surface area contributed by atoms with Crippen molar-refractivity contribution in [2.45, 2.75) is 47.4 Å². The van der Waals surface area contributed by atoms with Crippen LogP contribution in [0.3, 0.4) is 0 Å². The van der Waals surface area contributed by atoms with Gasteiger partial charge in [-0.3, -0.25) is 0 Å². The molecule has 0 amide bonds. The van der Waals surface area contributed by atoms with Gasteiger partial charge in [0.05, 0.1) is 25.4 Å². The molecule has 1 aromatic heterocycles. The predicted molar refractivity (Wildman–Crippen MR) is 120 cm³/mol. The number of thiazole rings is 1. The van der Waals surface area contributed by atoms with Crippen LogP contribution in [-0.4, -0.2) is 24.1 Å². The number of halogens is 1. The molecule has 2 rings (SSSR count). The van der Waals surface area contributed by atoms with E-state index in [1.807, 2.05) is 13.8 Å². The minimum Gasteiger partial charge on any atom is -0.377 e. The van der Waals surface area contributed by atoms with Gasteiger partial charge in [0.2, 0.25) is 0 Å². The Morgan fingerprint density at radius 1 is 1.12 bits per heavy atom. The molecule has 7 heteroatoms. The zero-order valence-electron chi connectivity index (χ0n) is 16.0. The lowest BCUT2D eigenvalue weighted by Gasteiger charge is -2.10. The van der Waals surface area contributed by atoms with Gasteiger partial charge in [-0.1, -0.05) is 24.3 Å². The van der Waals surface area contributed by atoms with E-state index in [1.54, 1.807) is 11.3 Å². The van der Waals surface area contributed by atoms with Crippen molar-refractivity contribution in [2.24, 2.45) is 4.99 Å². The second kappa shape index (κ2) is 12.2. The minimum absolute atomic E-state index is 0. The molecule has 0 fully saturated rings. The lowest BCUT2D eigenvalue weighted by Crippen LogP contribution is -2.36. The van der Waals surface area contributed by atoms with E-state index in [0.717, 1.165) is 29.8 Å². The summed E-state index contributed by atoms with van der Waals surface area (Å²) in [6, 6.07) is 8.41. The van der Waals surface area contributed by atoms with Crippen LogP contribution in [0.25, 0.3) is 0 Å². The summed E-state index contributed by atoms with van der Waals surface area (Å²) >= 11 is 1.73. The Morgan fingerprint density at radius 3 is 2.38 bits per heavy atom. The number of aliphatic imine (C=N–C) groups is 1. The first kappa shape index (κ1) is 22.9. The maximum atomic E-state index is 5.42. The maximum absolute atomic E-state index is 5.42. The van der Waals surface area contributed by atoms with Crippen molar-refractivity contribution < 1.29 is 4.74 Å². The molecule has 0 unspecified atom stereocenters. The summed E-state index contributed by atoms with van der Waals surface area (Å²) in [6.07, 6.45) is 0. The Bertz CT molecular complexity index is 666. The normalized spacial score (nSPS) is 11.2. The van der Waals surface area contributed by atoms with Crippen molar-refractivity contribution in [3.05, 3.63) is 51.0 Å². The van der Waals surface area contributed by atoms with E-state index in [4.69, 9.17) is 4.74 Å². The number of aromatic nitrogens is 1. The second-order valence-electron chi connectivity index (χ2n) is 5.75. The third kappa shape index (κ3) is 7.59. The summed E-state index contributed by atoms with van der Waals surface area (Å²) in [4.78, 5) is 10.5. The van der Waals surface area contributed by atoms with Gasteiger partial charge in [-0.05, 0) is 38.8 Å². The number of rotatable bonds is 8. The molecule has 5 nitrogen and oxygen atoms in total. The van der Waals surface area contributed by atoms with E-state index in [0.29, 0.717) is 19.7 Å². The molecule has 1 heterocycles. The number of aryl methyl sites for hydroxylation is 2. The van der Waals surface area contributed by atoms with Crippen LogP contribution >= 0.6 is 35.3 Å². The molecule has 0 saturated carbocycles. The van der Waals surface area contributed by atoms with Crippen LogP contribution in [0.15, 0.2) is 29.3 Å². The van der Waals surface area contributed by atoms with E-state index in [2.05, 4.69) is 58.7 Å². The smallest absolute Gasteiger partial charge is 0.191 e. The fourth-order valence-corrected chi connectivity index (χ4v) is 3.12. The molecule has 0 aliphatic heterocycles. The largest absolute Gasteiger partial charge is 0.377 e. The lowest BCUT2D eigenvalue weighted by atomic mass is 10.1. The van der Waals surface area contributed by atoms with Crippen molar-refractivity contribution in [1.82, 2.24) is 15.6 Å². The minimum atomic E-state index is 0. The Morgan fingerprint density at radius 2 is 1.81 bits per heavy atom. The van der Waals surface area contributed by atoms with E-state index in [1.165, 1.54) is 16.0 Å². The van der Waals surface area contributed by atoms with Gasteiger partial charge in [0.25, 0.3) is 0 Å². The van der Waals surface area contributed by atoms with Crippen LogP contribution in [-0.2, 0) is 24.4 Å². The lowest BCUT2D eigenvalue weighted by molar-refractivity contribution is 0.134. The molecule has 1 aromatic carbocycles. The third-order valence-electron chi connectivity index (χ3n) is 3.74. The molecule has 2 aromatic rings. The zero-order valence-corrected chi connectivity index (χ0v) is 19.1. The highest BCUT2D eigenvalue weighted by molar-refractivity contribution is 14.0. The van der Waals surface area contributed by atoms with Crippen molar-refractivity contribution >= 4 is 41.3 Å². The topological polar surface area (TPSA) is 58.5 Å². The van der Waals surface area contributed by atoms with Gasteiger partial charge >= 0.3 is 0 Å². The molecular weight excluding hydrogens is 459 g/mol. The van der Waals surface area contributed by atoms with Crippen molar-refractivity contribution in [3.63, 3.8) is 0 Å². The molecule has 0 atom stereocenters. The fourth-order valence-electron chi connectivity index (χ4n) is 2.25. The first-order valence-electron chi connectivity index (χ1n) is 8.73. The van der Waals surface area contributed by atoms with E-state index >= 15 is 0 Å². The molecule has 2 N–H and O–H groups in total. The van der Waals surface area contributed by atoms with E-state index < -0.39 is 0 Å². The molecule has 144 valence electrons. The number of benzene rings is 1. The highest BCUT2D eigenvalue weighted by atomic mass is 127. The fraction of sp³-hybridized carbons (Fsp3) is 0.474. The van der Waals surface area contributed by atoms with Crippen molar-refractivity contribution in [2.75, 3.05) is 13.2 Å². The van der Waals surface area contributed by atoms with Crippen LogP contribution in [0.2, 0.25) is 0 Å². The van der Waals surface area contributed by atoms with Gasteiger partial charge in [-0.2, -0.15) is 0 Å². The molecule has 0 aliphatic rings. The first-order chi connectivity index (χ1) is 12.1. The zero-order chi connectivity index (χ0) is 18.1. The highest BCUT2D eigenvalue weighted by Gasteiger charge is 2.05. The van der Waals surface area contributed by atoms with Crippen LogP contribution in [0, 0.1) is 13.8 Å². The first-order valence-corrected chi connectivity index (χ1v) is 9.54. The van der Waals surface area contributed by atoms with Crippen LogP contribution in [0.5, 0.6) is 0 Å². The molecule has 0 saturated heterocycles. The Balaban J connectivity index is 0.00000338. The van der Waals surface area contributed by atoms with Crippen LogP contribution in [0.4, 0.5) is 0 Å². The molecule has 0 radical (unpaired) electrons. The Hall–Kier alpha value is -1.19. The maximum Gasteiger partial charge on any atom is 0.191 e. The molecular formula is C19H29IN4OS. The Kier molecular flexibility index (Phi) is 10.8. The summed E-state index contributed by atoms with van der Waals surface area (Å²) < 4.78 is 5.42. The second-order valence-corrected chi connectivity index (χ2v) is 7.04. The number of ether oxygens (including phenoxy) is 1. The summed E-state index contributed by atoms with van der Waals surface area (Å²) in [5.74, 6) is 0.811. The molecule has 26 heavy (non-hydrogen) atoms. The van der Waals surface area contributed by atoms with Gasteiger partial charge < -0.3 is 15.4 Å². The monoisotopic (exact) mass is 488 g/mol. The summed E-state index contributed by atoms with van der Waals surface area (Å²) in [5.41, 5.74) is 3.48. The molecule has 0 bridgehead atoms. The van der Waals surface area contributed by atoms with Crippen molar-refractivity contribution in [3.8, 4) is 0 Å². The standard InChI is InChI=1S/C19H28N4OS.HI/c1-5-20-19(22-12-18-23-14(3)15(4)25-18)21-11-16-7-9-17(10-8-16)13-24-6-2;/h7-10H,5-6,11-13H2,1-4H3,(H2,20,21,22);1H. The van der Waals surface area contributed by atoms with Gasteiger partial charge in [-0.25, -0.2) is 9.98 Å². The molecule has 0 spiro atoms. The summed E-state index contributed by atoms with van der Waals surface area (Å²) in [7, 11) is 0. The van der Waals surface area contributed by atoms with E-state index in [9.17, 15) is 0 Å². The summed E-state index contributed by atoms with van der Waals surface area (Å²) in [6.45, 7) is 11.8. The quantitative estimate of drug-likeness (QED) is 0.333. The van der Waals surface area contributed by atoms with Crippen LogP contribution in [0.1, 0.15) is 40.6 Å². The molecule has 0 aliphatic carbocycles. The number of nitrogens with zero attached hydrogens (tertiary/aromatic N) is 2. The Labute approximate surface area is 177 Å². The third-order valence-corrected chi connectivity index (χ3v) is 4.81. The highest BCUT2D eigenvalue weighted by Crippen LogP contribution is 2.15. The average molecular weight is 488 g/mol. The number of hydrogen-bond donors (Lipinski definition) is 2. The predicted octanol–water partition coefficient (Wildman–Crippen LogP) is 4.17. The number of guanidine groups is 1. The van der Waals surface area contributed by atoms with Crippen molar-refractivity contribution in [1.29, 1.82) is 0 Å². The SMILES string of the molecule is CCNC(=NCc1ccc(COCC)cc1)NCc1nc(C)c(C)s1.I. The van der Waals surface area contributed by atoms with Crippen LogP contribution < -0.4 is 10.6 Å². The van der Waals surface area contributed by atoms with Gasteiger partial charge in [0, 0.05) is 18.0 Å². The number of nitrogens with one attached hydrogen (secondary N) is 2. The number of hydrogen-bond acceptors (Lipinski definition) is 4. The average Bonchev–Trinajstić information content (AvgIpc) is 2.94. The van der Waals surface area contributed by atoms with Gasteiger partial charge in [0.15, 0.2) is 5.96 Å². The summed E-state index contributed by atoms with van der Waals surface area (Å²) in [5, 5.41) is 7.72. The van der Waals surface area contributed by atoms with E-state index in [-0.39, 0.29) is 24.0 Å². The van der Waals surface area contributed by atoms with Gasteiger partial charge in [0.1, 0.15) is 5.01 Å². The van der Waals surface area contributed by atoms with Gasteiger partial charge in [-0.15, -0.1) is 35.3 Å².